The molecule has 7 nitrogen and oxygen atoms in total. The lowest BCUT2D eigenvalue weighted by molar-refractivity contribution is -0.0932. The number of β-amino-alcohol motifs (C(OH)–C–C–N with tert-alkyl or cyclic N) is 1. The van der Waals surface area contributed by atoms with Gasteiger partial charge in [0.1, 0.15) is 4.90 Å². The van der Waals surface area contributed by atoms with E-state index in [-0.39, 0.29) is 35.2 Å². The first kappa shape index (κ1) is 15.7. The second-order valence-corrected chi connectivity index (χ2v) is 7.55. The van der Waals surface area contributed by atoms with Crippen LogP contribution in [0.15, 0.2) is 23.1 Å². The van der Waals surface area contributed by atoms with Crippen molar-refractivity contribution < 1.29 is 18.3 Å². The van der Waals surface area contributed by atoms with E-state index in [4.69, 9.17) is 11.5 Å². The molecule has 1 amide bonds. The van der Waals surface area contributed by atoms with Crippen LogP contribution in [0.4, 0.5) is 5.69 Å². The Kier molecular flexibility index (Phi) is 3.73. The molecule has 1 aromatic rings. The number of primary amides is 1. The summed E-state index contributed by atoms with van der Waals surface area (Å²) < 4.78 is 26.1. The van der Waals surface area contributed by atoms with Gasteiger partial charge in [-0.3, -0.25) is 4.79 Å². The molecule has 0 aromatic heterocycles. The maximum absolute atomic E-state index is 12.4. The summed E-state index contributed by atoms with van der Waals surface area (Å²) in [4.78, 5) is 11.0. The van der Waals surface area contributed by atoms with Crippen LogP contribution in [-0.2, 0) is 10.0 Å². The molecule has 0 aliphatic carbocycles. The van der Waals surface area contributed by atoms with Crippen molar-refractivity contribution in [3.8, 4) is 0 Å². The van der Waals surface area contributed by atoms with Crippen molar-refractivity contribution in [1.29, 1.82) is 0 Å². The first-order valence-electron chi connectivity index (χ1n) is 6.50. The molecule has 1 fully saturated rings. The van der Waals surface area contributed by atoms with E-state index in [9.17, 15) is 18.3 Å². The van der Waals surface area contributed by atoms with Gasteiger partial charge < -0.3 is 16.6 Å². The fourth-order valence-corrected chi connectivity index (χ4v) is 3.84. The average Bonchev–Trinajstić information content (AvgIpc) is 2.33. The molecule has 1 aliphatic heterocycles. The maximum Gasteiger partial charge on any atom is 0.248 e. The minimum Gasteiger partial charge on any atom is -0.398 e. The van der Waals surface area contributed by atoms with E-state index in [1.165, 1.54) is 22.5 Å². The van der Waals surface area contributed by atoms with Crippen molar-refractivity contribution in [2.45, 2.75) is 24.3 Å². The van der Waals surface area contributed by atoms with Crippen LogP contribution in [0, 0.1) is 5.92 Å². The molecule has 2 rings (SSSR count). The van der Waals surface area contributed by atoms with Gasteiger partial charge in [-0.15, -0.1) is 0 Å². The van der Waals surface area contributed by atoms with Gasteiger partial charge in [0, 0.05) is 18.7 Å². The van der Waals surface area contributed by atoms with Crippen molar-refractivity contribution in [2.75, 3.05) is 18.8 Å². The first-order valence-corrected chi connectivity index (χ1v) is 7.94. The average molecular weight is 313 g/mol. The molecular formula is C13H19N3O4S. The van der Waals surface area contributed by atoms with Crippen molar-refractivity contribution in [3.63, 3.8) is 0 Å². The summed E-state index contributed by atoms with van der Waals surface area (Å²) in [5.74, 6) is -0.720. The Balaban J connectivity index is 2.28. The fraction of sp³-hybridized carbons (Fsp3) is 0.462. The normalized spacial score (nSPS) is 18.5. The second kappa shape index (κ2) is 4.97. The topological polar surface area (TPSA) is 127 Å². The third kappa shape index (κ3) is 2.61. The van der Waals surface area contributed by atoms with Crippen LogP contribution < -0.4 is 11.5 Å². The number of anilines is 1. The minimum absolute atomic E-state index is 0.0318. The number of carbonyl (C=O) groups is 1. The van der Waals surface area contributed by atoms with Gasteiger partial charge in [0.05, 0.1) is 11.3 Å². The molecule has 0 bridgehead atoms. The Bertz CT molecular complexity index is 679. The van der Waals surface area contributed by atoms with E-state index < -0.39 is 21.5 Å². The number of hydrogen-bond donors (Lipinski definition) is 3. The van der Waals surface area contributed by atoms with Crippen LogP contribution in [0.2, 0.25) is 0 Å². The Morgan fingerprint density at radius 2 is 1.95 bits per heavy atom. The van der Waals surface area contributed by atoms with Crippen LogP contribution in [0.5, 0.6) is 0 Å². The molecule has 1 heterocycles. The molecule has 5 N–H and O–H groups in total. The number of nitrogens with two attached hydrogens (primary N) is 2. The quantitative estimate of drug-likeness (QED) is 0.661. The smallest absolute Gasteiger partial charge is 0.248 e. The van der Waals surface area contributed by atoms with Gasteiger partial charge in [0.25, 0.3) is 0 Å². The Morgan fingerprint density at radius 3 is 2.38 bits per heavy atom. The largest absolute Gasteiger partial charge is 0.398 e. The molecule has 0 atom stereocenters. The number of amides is 1. The van der Waals surface area contributed by atoms with Gasteiger partial charge in [-0.2, -0.15) is 4.31 Å². The number of hydrogen-bond acceptors (Lipinski definition) is 5. The number of nitrogen functional groups attached to an aromatic ring is 1. The van der Waals surface area contributed by atoms with Crippen molar-refractivity contribution in [2.24, 2.45) is 11.7 Å². The molecule has 1 saturated heterocycles. The molecule has 0 spiro atoms. The number of rotatable bonds is 4. The standard InChI is InChI=1S/C13H19N3O4S/c1-8(2)13(18)6-16(7-13)21(19,20)11-4-3-9(12(15)17)5-10(11)14/h3-5,8,18H,6-7,14H2,1-2H3,(H2,15,17). The number of sulfonamides is 1. The van der Waals surface area contributed by atoms with E-state index in [2.05, 4.69) is 0 Å². The molecular weight excluding hydrogens is 294 g/mol. The number of nitrogens with zero attached hydrogens (tertiary/aromatic N) is 1. The molecule has 116 valence electrons. The Labute approximate surface area is 123 Å². The molecule has 8 heteroatoms. The Hall–Kier alpha value is -1.64. The third-order valence-corrected chi connectivity index (χ3v) is 5.75. The molecule has 1 aliphatic rings. The van der Waals surface area contributed by atoms with Crippen molar-refractivity contribution in [3.05, 3.63) is 23.8 Å². The van der Waals surface area contributed by atoms with Crippen LogP contribution in [0.3, 0.4) is 0 Å². The maximum atomic E-state index is 12.4. The lowest BCUT2D eigenvalue weighted by atomic mass is 9.85. The second-order valence-electron chi connectivity index (χ2n) is 5.65. The monoisotopic (exact) mass is 313 g/mol. The lowest BCUT2D eigenvalue weighted by Crippen LogP contribution is -2.65. The zero-order valence-electron chi connectivity index (χ0n) is 11.9. The summed E-state index contributed by atoms with van der Waals surface area (Å²) >= 11 is 0. The number of aliphatic hydroxyl groups is 1. The Morgan fingerprint density at radius 1 is 1.38 bits per heavy atom. The van der Waals surface area contributed by atoms with Crippen molar-refractivity contribution >= 4 is 21.6 Å². The van der Waals surface area contributed by atoms with Crippen LogP contribution >= 0.6 is 0 Å². The highest BCUT2D eigenvalue weighted by Crippen LogP contribution is 2.34. The lowest BCUT2D eigenvalue weighted by Gasteiger charge is -2.47. The molecule has 0 unspecified atom stereocenters. The van der Waals surface area contributed by atoms with E-state index in [1.54, 1.807) is 0 Å². The third-order valence-electron chi connectivity index (χ3n) is 3.89. The highest BCUT2D eigenvalue weighted by Gasteiger charge is 2.49. The summed E-state index contributed by atoms with van der Waals surface area (Å²) in [7, 11) is -3.78. The predicted octanol–water partition coefficient (Wildman–Crippen LogP) is -0.241. The number of benzene rings is 1. The van der Waals surface area contributed by atoms with Crippen LogP contribution in [-0.4, -0.2) is 42.4 Å². The van der Waals surface area contributed by atoms with Crippen LogP contribution in [0.1, 0.15) is 24.2 Å². The number of carbonyl (C=O) groups excluding carboxylic acids is 1. The SMILES string of the molecule is CC(C)C1(O)CN(S(=O)(=O)c2ccc(C(N)=O)cc2N)C1. The fourth-order valence-electron chi connectivity index (χ4n) is 2.18. The summed E-state index contributed by atoms with van der Waals surface area (Å²) in [6.45, 7) is 3.73. The van der Waals surface area contributed by atoms with Crippen LogP contribution in [0.25, 0.3) is 0 Å². The van der Waals surface area contributed by atoms with E-state index in [1.807, 2.05) is 13.8 Å². The van der Waals surface area contributed by atoms with Gasteiger partial charge in [-0.05, 0) is 24.1 Å². The van der Waals surface area contributed by atoms with Gasteiger partial charge >= 0.3 is 0 Å². The van der Waals surface area contributed by atoms with Gasteiger partial charge in [-0.1, -0.05) is 13.8 Å². The predicted molar refractivity (Wildman–Crippen MR) is 77.9 cm³/mol. The van der Waals surface area contributed by atoms with E-state index in [0.717, 1.165) is 0 Å². The van der Waals surface area contributed by atoms with Gasteiger partial charge in [0.15, 0.2) is 0 Å². The molecule has 21 heavy (non-hydrogen) atoms. The summed E-state index contributed by atoms with van der Waals surface area (Å²) in [5.41, 5.74) is 9.94. The van der Waals surface area contributed by atoms with Gasteiger partial charge in [0.2, 0.25) is 15.9 Å². The van der Waals surface area contributed by atoms with Gasteiger partial charge in [-0.25, -0.2) is 8.42 Å². The van der Waals surface area contributed by atoms with E-state index >= 15 is 0 Å². The van der Waals surface area contributed by atoms with E-state index in [0.29, 0.717) is 0 Å². The van der Waals surface area contributed by atoms with Crippen molar-refractivity contribution in [1.82, 2.24) is 4.31 Å². The summed E-state index contributed by atoms with van der Waals surface area (Å²) in [6, 6.07) is 3.82. The first-order chi connectivity index (χ1) is 9.58. The highest BCUT2D eigenvalue weighted by molar-refractivity contribution is 7.89. The molecule has 0 radical (unpaired) electrons. The summed E-state index contributed by atoms with van der Waals surface area (Å²) in [5, 5.41) is 10.2. The summed E-state index contributed by atoms with van der Waals surface area (Å²) in [6.07, 6.45) is 0. The minimum atomic E-state index is -3.78. The molecule has 0 saturated carbocycles. The zero-order chi connectivity index (χ0) is 16.0. The highest BCUT2D eigenvalue weighted by atomic mass is 32.2. The molecule has 1 aromatic carbocycles. The zero-order valence-corrected chi connectivity index (χ0v) is 12.7.